The molecule has 0 aliphatic heterocycles. The predicted octanol–water partition coefficient (Wildman–Crippen LogP) is 3.42. The molecule has 1 aromatic rings. The normalized spacial score (nSPS) is 16.4. The summed E-state index contributed by atoms with van der Waals surface area (Å²) in [4.78, 5) is 4.80. The van der Waals surface area contributed by atoms with E-state index in [1.807, 2.05) is 24.3 Å². The van der Waals surface area contributed by atoms with E-state index >= 15 is 0 Å². The van der Waals surface area contributed by atoms with E-state index in [0.29, 0.717) is 5.92 Å². The number of hydrogen-bond donors (Lipinski definition) is 1. The van der Waals surface area contributed by atoms with Gasteiger partial charge in [0.1, 0.15) is 0 Å². The third-order valence-electron chi connectivity index (χ3n) is 3.75. The summed E-state index contributed by atoms with van der Waals surface area (Å²) in [5, 5.41) is 11.1. The van der Waals surface area contributed by atoms with E-state index in [1.54, 1.807) is 7.11 Å². The first kappa shape index (κ1) is 15.8. The predicted molar refractivity (Wildman–Crippen MR) is 80.0 cm³/mol. The summed E-state index contributed by atoms with van der Waals surface area (Å²) >= 11 is -1.34. The molecule has 0 aliphatic carbocycles. The van der Waals surface area contributed by atoms with Crippen LogP contribution >= 0.6 is 0 Å². The zero-order valence-corrected chi connectivity index (χ0v) is 15.5. The summed E-state index contributed by atoms with van der Waals surface area (Å²) in [6.07, 6.45) is 0.729. The van der Waals surface area contributed by atoms with E-state index in [-0.39, 0.29) is 0 Å². The molecule has 0 amide bonds. The summed E-state index contributed by atoms with van der Waals surface area (Å²) in [6, 6.07) is 7.85. The number of methoxy groups -OCH3 is 1. The van der Waals surface area contributed by atoms with Crippen molar-refractivity contribution in [3.8, 4) is 5.75 Å². The molecule has 3 heteroatoms. The van der Waals surface area contributed by atoms with E-state index in [0.717, 1.165) is 17.7 Å². The maximum atomic E-state index is 11.1. The number of hydrogen-bond acceptors (Lipinski definition) is 2. The fourth-order valence-electron chi connectivity index (χ4n) is 2.71. The Morgan fingerprint density at radius 3 is 2.44 bits per heavy atom. The van der Waals surface area contributed by atoms with Gasteiger partial charge in [-0.3, -0.25) is 0 Å². The van der Waals surface area contributed by atoms with Crippen LogP contribution in [0.2, 0.25) is 14.3 Å². The average Bonchev–Trinajstić information content (AvgIpc) is 2.36. The van der Waals surface area contributed by atoms with Crippen LogP contribution in [0.25, 0.3) is 0 Å². The molecule has 0 heterocycles. The second-order valence-electron chi connectivity index (χ2n) is 5.51. The molecule has 2 unspecified atom stereocenters. The summed E-state index contributed by atoms with van der Waals surface area (Å²) in [6.45, 7) is 4.23. The fraction of sp³-hybridized carbons (Fsp3) is 0.600. The van der Waals surface area contributed by atoms with Gasteiger partial charge in [0.2, 0.25) is 0 Å². The van der Waals surface area contributed by atoms with Gasteiger partial charge in [-0.1, -0.05) is 0 Å². The number of aliphatic hydroxyl groups is 1. The molecule has 2 atom stereocenters. The van der Waals surface area contributed by atoms with Crippen molar-refractivity contribution in [1.29, 1.82) is 0 Å². The van der Waals surface area contributed by atoms with Crippen molar-refractivity contribution in [2.75, 3.05) is 7.11 Å². The third kappa shape index (κ3) is 3.41. The first-order valence-corrected chi connectivity index (χ1v) is 15.7. The van der Waals surface area contributed by atoms with Crippen molar-refractivity contribution in [3.63, 3.8) is 0 Å². The molecule has 0 saturated heterocycles. The van der Waals surface area contributed by atoms with Crippen molar-refractivity contribution in [3.05, 3.63) is 29.8 Å². The summed E-state index contributed by atoms with van der Waals surface area (Å²) in [5.41, 5.74) is 0.183. The van der Waals surface area contributed by atoms with Gasteiger partial charge in [-0.25, -0.2) is 0 Å². The van der Waals surface area contributed by atoms with Gasteiger partial charge in [0.25, 0.3) is 0 Å². The molecule has 0 fully saturated rings. The van der Waals surface area contributed by atoms with E-state index in [4.69, 9.17) is 4.74 Å². The molecule has 0 spiro atoms. The monoisotopic (exact) mass is 358 g/mol. The zero-order valence-electron chi connectivity index (χ0n) is 12.2. The van der Waals surface area contributed by atoms with Crippen LogP contribution in [0.4, 0.5) is 0 Å². The number of rotatable bonds is 6. The fourth-order valence-corrected chi connectivity index (χ4v) is 7.86. The van der Waals surface area contributed by atoms with Crippen LogP contribution in [0.3, 0.4) is 0 Å². The van der Waals surface area contributed by atoms with Crippen molar-refractivity contribution in [2.45, 2.75) is 40.2 Å². The Hall–Kier alpha value is -0.221. The van der Waals surface area contributed by atoms with E-state index in [2.05, 4.69) is 23.7 Å². The van der Waals surface area contributed by atoms with Crippen LogP contribution in [0.15, 0.2) is 24.3 Å². The Morgan fingerprint density at radius 2 is 1.94 bits per heavy atom. The average molecular weight is 357 g/mol. The van der Waals surface area contributed by atoms with Gasteiger partial charge >= 0.3 is 118 Å². The minimum atomic E-state index is -1.34. The quantitative estimate of drug-likeness (QED) is 0.791. The Balaban J connectivity index is 3.13. The van der Waals surface area contributed by atoms with Crippen LogP contribution in [0.1, 0.15) is 25.8 Å². The summed E-state index contributed by atoms with van der Waals surface area (Å²) in [5.74, 6) is 1.10. The van der Waals surface area contributed by atoms with Gasteiger partial charge in [0, 0.05) is 0 Å². The summed E-state index contributed by atoms with van der Waals surface area (Å²) < 4.78 is 6.62. The van der Waals surface area contributed by atoms with Crippen LogP contribution < -0.4 is 4.74 Å². The zero-order chi connectivity index (χ0) is 13.8. The second kappa shape index (κ2) is 6.80. The molecule has 0 saturated carbocycles. The third-order valence-corrected chi connectivity index (χ3v) is 8.46. The van der Waals surface area contributed by atoms with Gasteiger partial charge in [-0.2, -0.15) is 0 Å². The van der Waals surface area contributed by atoms with Gasteiger partial charge < -0.3 is 0 Å². The van der Waals surface area contributed by atoms with E-state index in [1.165, 1.54) is 4.44 Å². The first-order valence-electron chi connectivity index (χ1n) is 6.81. The molecule has 102 valence electrons. The van der Waals surface area contributed by atoms with Gasteiger partial charge in [0.05, 0.1) is 0 Å². The maximum absolute atomic E-state index is 11.1. The second-order valence-corrected chi connectivity index (χ2v) is 14.8. The van der Waals surface area contributed by atoms with Crippen molar-refractivity contribution in [1.82, 2.24) is 0 Å². The first-order chi connectivity index (χ1) is 8.45. The van der Waals surface area contributed by atoms with Crippen molar-refractivity contribution < 1.29 is 9.84 Å². The van der Waals surface area contributed by atoms with Crippen LogP contribution in [0.5, 0.6) is 5.75 Å². The number of ether oxygens (including phenoxy) is 1. The Kier molecular flexibility index (Phi) is 5.99. The van der Waals surface area contributed by atoms with Crippen LogP contribution in [0, 0.1) is 5.92 Å². The topological polar surface area (TPSA) is 29.5 Å². The van der Waals surface area contributed by atoms with Gasteiger partial charge in [0.15, 0.2) is 0 Å². The Labute approximate surface area is 118 Å². The minimum absolute atomic E-state index is 0.301. The molecule has 18 heavy (non-hydrogen) atoms. The molecule has 2 nitrogen and oxygen atoms in total. The standard InChI is InChI=1S/C13H19O2.2CH3.Sn.H/c1-5-13(14,10(2)3)11-8-6-7-9-12(11)15-4;;;;/h6-10,14H,2,5H2,1,3-4H3;2*1H3;;. The molecular formula is C15H26O2Sn. The molecular weight excluding hydrogens is 331 g/mol. The Bertz CT molecular complexity index is 379. The van der Waals surface area contributed by atoms with E-state index < -0.39 is 25.4 Å². The SMILES string of the molecule is CCC(O)(c1ccccc1OC)C(C)[CH2][SnH]([CH3])[CH3]. The van der Waals surface area contributed by atoms with Gasteiger partial charge in [-0.05, 0) is 0 Å². The molecule has 1 N–H and O–H groups in total. The van der Waals surface area contributed by atoms with Crippen LogP contribution in [-0.4, -0.2) is 32.0 Å². The number of benzene rings is 1. The molecule has 0 aliphatic rings. The number of para-hydroxylation sites is 1. The molecule has 1 aromatic carbocycles. The van der Waals surface area contributed by atoms with Gasteiger partial charge in [-0.15, -0.1) is 0 Å². The van der Waals surface area contributed by atoms with Crippen molar-refractivity contribution in [2.24, 2.45) is 5.92 Å². The van der Waals surface area contributed by atoms with Crippen LogP contribution in [-0.2, 0) is 5.60 Å². The molecule has 0 bridgehead atoms. The Morgan fingerprint density at radius 1 is 1.33 bits per heavy atom. The summed E-state index contributed by atoms with van der Waals surface area (Å²) in [7, 11) is 1.67. The molecule has 0 radical (unpaired) electrons. The molecule has 1 rings (SSSR count). The van der Waals surface area contributed by atoms with Crippen molar-refractivity contribution >= 4 is 19.8 Å². The molecule has 0 aromatic heterocycles. The van der Waals surface area contributed by atoms with E-state index in [9.17, 15) is 5.11 Å².